The molecular weight excluding hydrogens is 254 g/mol. The third kappa shape index (κ3) is 3.17. The zero-order valence-electron chi connectivity index (χ0n) is 12.2. The van der Waals surface area contributed by atoms with E-state index in [-0.39, 0.29) is 5.56 Å². The highest BCUT2D eigenvalue weighted by Crippen LogP contribution is 2.15. The molecule has 0 amide bonds. The average molecular weight is 275 g/mol. The molecule has 5 heteroatoms. The molecule has 1 aromatic carbocycles. The second kappa shape index (κ2) is 6.05. The Hall–Kier alpha value is -1.88. The smallest absolute Gasteiger partial charge is 0.335 e. The summed E-state index contributed by atoms with van der Waals surface area (Å²) in [7, 11) is 2.12. The summed E-state index contributed by atoms with van der Waals surface area (Å²) in [5.74, 6) is -0.917. The number of benzene rings is 1. The maximum atomic E-state index is 10.9. The average Bonchev–Trinajstić information content (AvgIpc) is 2.81. The van der Waals surface area contributed by atoms with E-state index in [0.717, 1.165) is 30.5 Å². The largest absolute Gasteiger partial charge is 0.478 e. The first-order valence-electron chi connectivity index (χ1n) is 6.87. The number of aromatic nitrogens is 2. The summed E-state index contributed by atoms with van der Waals surface area (Å²) in [5.41, 5.74) is 2.01. The number of carbonyl (C=O) groups is 1. The molecule has 0 spiro atoms. The summed E-state index contributed by atoms with van der Waals surface area (Å²) < 4.78 is 2.08. The van der Waals surface area contributed by atoms with Crippen molar-refractivity contribution in [3.8, 4) is 0 Å². The quantitative estimate of drug-likeness (QED) is 0.880. The predicted octanol–water partition coefficient (Wildman–Crippen LogP) is 2.46. The number of rotatable bonds is 6. The van der Waals surface area contributed by atoms with Crippen LogP contribution in [-0.2, 0) is 6.54 Å². The van der Waals surface area contributed by atoms with Gasteiger partial charge in [0.15, 0.2) is 0 Å². The topological polar surface area (TPSA) is 58.4 Å². The molecule has 1 aromatic heterocycles. The van der Waals surface area contributed by atoms with Crippen LogP contribution >= 0.6 is 0 Å². The Morgan fingerprint density at radius 3 is 2.85 bits per heavy atom. The molecule has 0 saturated heterocycles. The van der Waals surface area contributed by atoms with Gasteiger partial charge in [0.2, 0.25) is 0 Å². The highest BCUT2D eigenvalue weighted by atomic mass is 16.4. The lowest BCUT2D eigenvalue weighted by atomic mass is 10.2. The van der Waals surface area contributed by atoms with Crippen molar-refractivity contribution >= 4 is 17.0 Å². The molecular formula is C15H21N3O2. The van der Waals surface area contributed by atoms with Crippen molar-refractivity contribution < 1.29 is 9.90 Å². The standard InChI is InChI=1S/C15H21N3O2/c1-11(2)17(3)7-4-8-18-10-16-13-9-12(15(19)20)5-6-14(13)18/h5-6,9-11H,4,7-8H2,1-3H3,(H,19,20). The number of imidazole rings is 1. The fourth-order valence-corrected chi connectivity index (χ4v) is 2.12. The molecule has 1 N–H and O–H groups in total. The molecule has 0 atom stereocenters. The van der Waals surface area contributed by atoms with Gasteiger partial charge in [-0.15, -0.1) is 0 Å². The molecule has 0 aliphatic rings. The van der Waals surface area contributed by atoms with Gasteiger partial charge in [0, 0.05) is 12.6 Å². The van der Waals surface area contributed by atoms with Crippen LogP contribution < -0.4 is 0 Å². The molecule has 5 nitrogen and oxygen atoms in total. The first kappa shape index (κ1) is 14.5. The van der Waals surface area contributed by atoms with Gasteiger partial charge < -0.3 is 14.6 Å². The van der Waals surface area contributed by atoms with E-state index < -0.39 is 5.97 Å². The lowest BCUT2D eigenvalue weighted by Crippen LogP contribution is -2.27. The van der Waals surface area contributed by atoms with Gasteiger partial charge in [-0.25, -0.2) is 9.78 Å². The van der Waals surface area contributed by atoms with Gasteiger partial charge >= 0.3 is 5.97 Å². The summed E-state index contributed by atoms with van der Waals surface area (Å²) in [6.45, 7) is 6.28. The van der Waals surface area contributed by atoms with E-state index in [1.807, 2.05) is 6.07 Å². The summed E-state index contributed by atoms with van der Waals surface area (Å²) in [6.07, 6.45) is 2.83. The van der Waals surface area contributed by atoms with Gasteiger partial charge in [0.25, 0.3) is 0 Å². The van der Waals surface area contributed by atoms with Gasteiger partial charge in [-0.1, -0.05) is 0 Å². The van der Waals surface area contributed by atoms with E-state index in [1.54, 1.807) is 18.5 Å². The highest BCUT2D eigenvalue weighted by molar-refractivity contribution is 5.92. The molecule has 108 valence electrons. The number of aryl methyl sites for hydroxylation is 1. The molecule has 0 saturated carbocycles. The number of aromatic carboxylic acids is 1. The van der Waals surface area contributed by atoms with Gasteiger partial charge in [-0.2, -0.15) is 0 Å². The van der Waals surface area contributed by atoms with Crippen LogP contribution in [0.4, 0.5) is 0 Å². The predicted molar refractivity (Wildman–Crippen MR) is 79.1 cm³/mol. The van der Waals surface area contributed by atoms with E-state index in [2.05, 4.69) is 35.3 Å². The lowest BCUT2D eigenvalue weighted by Gasteiger charge is -2.20. The molecule has 1 heterocycles. The summed E-state index contributed by atoms with van der Waals surface area (Å²) >= 11 is 0. The van der Waals surface area contributed by atoms with Crippen molar-refractivity contribution in [2.75, 3.05) is 13.6 Å². The van der Waals surface area contributed by atoms with Gasteiger partial charge in [-0.3, -0.25) is 0 Å². The Morgan fingerprint density at radius 1 is 1.45 bits per heavy atom. The van der Waals surface area contributed by atoms with E-state index >= 15 is 0 Å². The summed E-state index contributed by atoms with van der Waals surface area (Å²) in [6, 6.07) is 5.63. The van der Waals surface area contributed by atoms with Crippen molar-refractivity contribution in [2.24, 2.45) is 0 Å². The first-order chi connectivity index (χ1) is 9.49. The molecule has 0 radical (unpaired) electrons. The van der Waals surface area contributed by atoms with Crippen LogP contribution in [0.1, 0.15) is 30.6 Å². The Kier molecular flexibility index (Phi) is 4.39. The van der Waals surface area contributed by atoms with Crippen molar-refractivity contribution in [1.29, 1.82) is 0 Å². The van der Waals surface area contributed by atoms with Crippen molar-refractivity contribution in [3.63, 3.8) is 0 Å². The highest BCUT2D eigenvalue weighted by Gasteiger charge is 2.08. The second-order valence-electron chi connectivity index (χ2n) is 5.37. The minimum atomic E-state index is -0.917. The molecule has 0 bridgehead atoms. The van der Waals surface area contributed by atoms with Crippen molar-refractivity contribution in [3.05, 3.63) is 30.1 Å². The minimum absolute atomic E-state index is 0.280. The summed E-state index contributed by atoms with van der Waals surface area (Å²) in [4.78, 5) is 17.5. The SMILES string of the molecule is CC(C)N(C)CCCn1cnc2cc(C(=O)O)ccc21. The van der Waals surface area contributed by atoms with Gasteiger partial charge in [0.05, 0.1) is 22.9 Å². The van der Waals surface area contributed by atoms with Crippen LogP contribution in [0.25, 0.3) is 11.0 Å². The number of nitrogens with zero attached hydrogens (tertiary/aromatic N) is 3. The van der Waals surface area contributed by atoms with Crippen molar-refractivity contribution in [2.45, 2.75) is 32.9 Å². The zero-order chi connectivity index (χ0) is 14.7. The Balaban J connectivity index is 2.06. The first-order valence-corrected chi connectivity index (χ1v) is 6.87. The number of hydrogen-bond acceptors (Lipinski definition) is 3. The van der Waals surface area contributed by atoms with E-state index in [1.165, 1.54) is 0 Å². The number of carboxylic acid groups (broad SMARTS) is 1. The molecule has 2 rings (SSSR count). The Morgan fingerprint density at radius 2 is 2.20 bits per heavy atom. The minimum Gasteiger partial charge on any atom is -0.478 e. The van der Waals surface area contributed by atoms with E-state index in [9.17, 15) is 4.79 Å². The van der Waals surface area contributed by atoms with Crippen LogP contribution in [-0.4, -0.2) is 45.2 Å². The van der Waals surface area contributed by atoms with Crippen LogP contribution in [0.15, 0.2) is 24.5 Å². The fraction of sp³-hybridized carbons (Fsp3) is 0.467. The number of carboxylic acids is 1. The Bertz CT molecular complexity index is 604. The van der Waals surface area contributed by atoms with Crippen LogP contribution in [0.2, 0.25) is 0 Å². The van der Waals surface area contributed by atoms with Crippen molar-refractivity contribution in [1.82, 2.24) is 14.5 Å². The van der Waals surface area contributed by atoms with Gasteiger partial charge in [0.1, 0.15) is 0 Å². The van der Waals surface area contributed by atoms with Crippen LogP contribution in [0, 0.1) is 0 Å². The molecule has 20 heavy (non-hydrogen) atoms. The molecule has 0 aliphatic heterocycles. The monoisotopic (exact) mass is 275 g/mol. The maximum absolute atomic E-state index is 10.9. The molecule has 2 aromatic rings. The van der Waals surface area contributed by atoms with Gasteiger partial charge in [-0.05, 0) is 52.1 Å². The van der Waals surface area contributed by atoms with E-state index in [4.69, 9.17) is 5.11 Å². The fourth-order valence-electron chi connectivity index (χ4n) is 2.12. The Labute approximate surface area is 118 Å². The number of hydrogen-bond donors (Lipinski definition) is 1. The zero-order valence-corrected chi connectivity index (χ0v) is 12.2. The maximum Gasteiger partial charge on any atom is 0.335 e. The third-order valence-corrected chi connectivity index (χ3v) is 3.66. The normalized spacial score (nSPS) is 11.7. The summed E-state index contributed by atoms with van der Waals surface area (Å²) in [5, 5.41) is 8.97. The third-order valence-electron chi connectivity index (χ3n) is 3.66. The molecule has 0 aliphatic carbocycles. The molecule has 0 unspecified atom stereocenters. The molecule has 0 fully saturated rings. The van der Waals surface area contributed by atoms with Crippen LogP contribution in [0.5, 0.6) is 0 Å². The van der Waals surface area contributed by atoms with E-state index in [0.29, 0.717) is 6.04 Å². The lowest BCUT2D eigenvalue weighted by molar-refractivity contribution is 0.0697. The second-order valence-corrected chi connectivity index (χ2v) is 5.37. The number of fused-ring (bicyclic) bond motifs is 1. The van der Waals surface area contributed by atoms with Crippen LogP contribution in [0.3, 0.4) is 0 Å².